The zero-order valence-corrected chi connectivity index (χ0v) is 15.7. The SMILES string of the molecule is CC(C)N1CCC(NC(=O)c2cc3sc4ccccc4c3s2)CC1. The van der Waals surface area contributed by atoms with Crippen LogP contribution in [0.3, 0.4) is 0 Å². The van der Waals surface area contributed by atoms with Crippen molar-refractivity contribution < 1.29 is 4.79 Å². The lowest BCUT2D eigenvalue weighted by Gasteiger charge is -2.34. The zero-order chi connectivity index (χ0) is 16.7. The van der Waals surface area contributed by atoms with E-state index in [9.17, 15) is 4.79 Å². The van der Waals surface area contributed by atoms with Crippen molar-refractivity contribution in [1.82, 2.24) is 10.2 Å². The predicted molar refractivity (Wildman–Crippen MR) is 104 cm³/mol. The summed E-state index contributed by atoms with van der Waals surface area (Å²) in [7, 11) is 0. The normalized spacial score (nSPS) is 17.1. The second kappa shape index (κ2) is 6.47. The van der Waals surface area contributed by atoms with Crippen molar-refractivity contribution in [2.24, 2.45) is 0 Å². The maximum absolute atomic E-state index is 12.6. The van der Waals surface area contributed by atoms with E-state index in [1.54, 1.807) is 22.7 Å². The third kappa shape index (κ3) is 2.96. The first-order valence-electron chi connectivity index (χ1n) is 8.58. The standard InChI is InChI=1S/C19H22N2OS2/c1-12(2)21-9-7-13(8-10-21)20-19(22)17-11-16-18(24-17)14-5-3-4-6-15(14)23-16/h3-6,11-13H,7-10H2,1-2H3,(H,20,22). The highest BCUT2D eigenvalue weighted by molar-refractivity contribution is 7.33. The van der Waals surface area contributed by atoms with Crippen LogP contribution >= 0.6 is 22.7 Å². The van der Waals surface area contributed by atoms with Crippen molar-refractivity contribution in [3.63, 3.8) is 0 Å². The van der Waals surface area contributed by atoms with Crippen LogP contribution in [-0.4, -0.2) is 36.0 Å². The van der Waals surface area contributed by atoms with Gasteiger partial charge in [-0.05, 0) is 38.8 Å². The lowest BCUT2D eigenvalue weighted by Crippen LogP contribution is -2.46. The van der Waals surface area contributed by atoms with Gasteiger partial charge in [0.2, 0.25) is 0 Å². The average molecular weight is 359 g/mol. The number of piperidine rings is 1. The molecule has 1 aliphatic heterocycles. The Balaban J connectivity index is 1.48. The Morgan fingerprint density at radius 3 is 2.67 bits per heavy atom. The Hall–Kier alpha value is -1.43. The van der Waals surface area contributed by atoms with Crippen LogP contribution in [0, 0.1) is 0 Å². The van der Waals surface area contributed by atoms with Crippen LogP contribution in [0.2, 0.25) is 0 Å². The van der Waals surface area contributed by atoms with Crippen LogP contribution < -0.4 is 5.32 Å². The average Bonchev–Trinajstić information content (AvgIpc) is 3.13. The van der Waals surface area contributed by atoms with E-state index in [4.69, 9.17) is 0 Å². The summed E-state index contributed by atoms with van der Waals surface area (Å²) in [6.45, 7) is 6.63. The minimum atomic E-state index is 0.0930. The molecular weight excluding hydrogens is 336 g/mol. The number of carbonyl (C=O) groups excluding carboxylic acids is 1. The summed E-state index contributed by atoms with van der Waals surface area (Å²) >= 11 is 3.40. The smallest absolute Gasteiger partial charge is 0.261 e. The molecule has 5 heteroatoms. The Kier molecular flexibility index (Phi) is 4.33. The summed E-state index contributed by atoms with van der Waals surface area (Å²) in [5, 5.41) is 4.51. The molecule has 0 spiro atoms. The topological polar surface area (TPSA) is 32.3 Å². The van der Waals surface area contributed by atoms with Gasteiger partial charge in [-0.15, -0.1) is 22.7 Å². The molecule has 4 rings (SSSR count). The molecule has 3 heterocycles. The number of nitrogens with one attached hydrogen (secondary N) is 1. The molecule has 126 valence electrons. The summed E-state index contributed by atoms with van der Waals surface area (Å²) in [6, 6.07) is 11.4. The van der Waals surface area contributed by atoms with Gasteiger partial charge in [-0.3, -0.25) is 4.79 Å². The highest BCUT2D eigenvalue weighted by Crippen LogP contribution is 2.39. The minimum Gasteiger partial charge on any atom is -0.349 e. The lowest BCUT2D eigenvalue weighted by molar-refractivity contribution is 0.0905. The van der Waals surface area contributed by atoms with Gasteiger partial charge >= 0.3 is 0 Å². The van der Waals surface area contributed by atoms with Crippen molar-refractivity contribution in [1.29, 1.82) is 0 Å². The molecule has 2 aromatic heterocycles. The monoisotopic (exact) mass is 358 g/mol. The highest BCUT2D eigenvalue weighted by Gasteiger charge is 2.23. The summed E-state index contributed by atoms with van der Waals surface area (Å²) in [5.41, 5.74) is 0. The molecule has 1 aliphatic rings. The molecule has 0 aliphatic carbocycles. The van der Waals surface area contributed by atoms with E-state index in [1.165, 1.54) is 19.5 Å². The molecule has 0 radical (unpaired) electrons. The number of rotatable bonds is 3. The molecular formula is C19H22N2OS2. The molecule has 1 aromatic carbocycles. The van der Waals surface area contributed by atoms with Gasteiger partial charge in [-0.2, -0.15) is 0 Å². The van der Waals surface area contributed by atoms with E-state index in [-0.39, 0.29) is 5.91 Å². The first-order valence-corrected chi connectivity index (χ1v) is 10.2. The number of carbonyl (C=O) groups is 1. The van der Waals surface area contributed by atoms with Gasteiger partial charge in [0.25, 0.3) is 5.91 Å². The number of thiophene rings is 2. The van der Waals surface area contributed by atoms with Crippen molar-refractivity contribution in [3.05, 3.63) is 35.2 Å². The summed E-state index contributed by atoms with van der Waals surface area (Å²) in [5.74, 6) is 0.0930. The largest absolute Gasteiger partial charge is 0.349 e. The van der Waals surface area contributed by atoms with Gasteiger partial charge in [0, 0.05) is 40.0 Å². The number of fused-ring (bicyclic) bond motifs is 3. The van der Waals surface area contributed by atoms with E-state index in [2.05, 4.69) is 54.4 Å². The summed E-state index contributed by atoms with van der Waals surface area (Å²) in [6.07, 6.45) is 2.10. The van der Waals surface area contributed by atoms with Gasteiger partial charge in [-0.25, -0.2) is 0 Å². The third-order valence-corrected chi connectivity index (χ3v) is 7.28. The molecule has 0 saturated carbocycles. The van der Waals surface area contributed by atoms with Gasteiger partial charge in [0.15, 0.2) is 0 Å². The molecule has 0 unspecified atom stereocenters. The number of nitrogens with zero attached hydrogens (tertiary/aromatic N) is 1. The first-order chi connectivity index (χ1) is 11.6. The molecule has 0 atom stereocenters. The number of amides is 1. The molecule has 1 N–H and O–H groups in total. The molecule has 1 saturated heterocycles. The van der Waals surface area contributed by atoms with Gasteiger partial charge < -0.3 is 10.2 Å². The fourth-order valence-corrected chi connectivity index (χ4v) is 5.86. The van der Waals surface area contributed by atoms with Gasteiger partial charge in [-0.1, -0.05) is 18.2 Å². The predicted octanol–water partition coefficient (Wildman–Crippen LogP) is 4.72. The summed E-state index contributed by atoms with van der Waals surface area (Å²) in [4.78, 5) is 15.9. The maximum Gasteiger partial charge on any atom is 0.261 e. The molecule has 1 fully saturated rings. The Morgan fingerprint density at radius 1 is 1.17 bits per heavy atom. The van der Waals surface area contributed by atoms with Crippen LogP contribution in [0.1, 0.15) is 36.4 Å². The maximum atomic E-state index is 12.6. The Labute approximate surface area is 150 Å². The van der Waals surface area contributed by atoms with Crippen LogP contribution in [0.25, 0.3) is 19.5 Å². The van der Waals surface area contributed by atoms with Crippen LogP contribution in [-0.2, 0) is 0 Å². The highest BCUT2D eigenvalue weighted by atomic mass is 32.1. The second-order valence-electron chi connectivity index (χ2n) is 6.78. The zero-order valence-electron chi connectivity index (χ0n) is 14.0. The second-order valence-corrected chi connectivity index (χ2v) is 8.92. The minimum absolute atomic E-state index is 0.0930. The molecule has 1 amide bonds. The van der Waals surface area contributed by atoms with Crippen molar-refractivity contribution in [2.45, 2.75) is 38.8 Å². The molecule has 3 nitrogen and oxygen atoms in total. The van der Waals surface area contributed by atoms with Gasteiger partial charge in [0.1, 0.15) is 0 Å². The van der Waals surface area contributed by atoms with Crippen molar-refractivity contribution in [2.75, 3.05) is 13.1 Å². The molecule has 0 bridgehead atoms. The van der Waals surface area contributed by atoms with E-state index in [0.717, 1.165) is 30.8 Å². The van der Waals surface area contributed by atoms with Crippen LogP contribution in [0.15, 0.2) is 30.3 Å². The molecule has 24 heavy (non-hydrogen) atoms. The fourth-order valence-electron chi connectivity index (χ4n) is 3.43. The third-order valence-electron chi connectivity index (χ3n) is 4.87. The number of hydrogen-bond acceptors (Lipinski definition) is 4. The number of benzene rings is 1. The Morgan fingerprint density at radius 2 is 1.92 bits per heavy atom. The fraction of sp³-hybridized carbons (Fsp3) is 0.421. The summed E-state index contributed by atoms with van der Waals surface area (Å²) < 4.78 is 3.77. The van der Waals surface area contributed by atoms with Crippen LogP contribution in [0.5, 0.6) is 0 Å². The lowest BCUT2D eigenvalue weighted by atomic mass is 10.0. The molecule has 3 aromatic rings. The van der Waals surface area contributed by atoms with E-state index >= 15 is 0 Å². The van der Waals surface area contributed by atoms with Crippen molar-refractivity contribution in [3.8, 4) is 0 Å². The van der Waals surface area contributed by atoms with E-state index < -0.39 is 0 Å². The van der Waals surface area contributed by atoms with E-state index in [0.29, 0.717) is 12.1 Å². The first kappa shape index (κ1) is 16.1. The van der Waals surface area contributed by atoms with E-state index in [1.807, 2.05) is 0 Å². The van der Waals surface area contributed by atoms with Crippen molar-refractivity contribution >= 4 is 48.1 Å². The Bertz CT molecular complexity index is 872. The number of hydrogen-bond donors (Lipinski definition) is 1. The van der Waals surface area contributed by atoms with Gasteiger partial charge in [0.05, 0.1) is 9.58 Å². The van der Waals surface area contributed by atoms with Crippen LogP contribution in [0.4, 0.5) is 0 Å². The quantitative estimate of drug-likeness (QED) is 0.735. The number of likely N-dealkylation sites (tertiary alicyclic amines) is 1.